The molecular weight excluding hydrogens is 216 g/mol. The second-order valence-corrected chi connectivity index (χ2v) is 4.15. The van der Waals surface area contributed by atoms with E-state index >= 15 is 0 Å². The van der Waals surface area contributed by atoms with Crippen molar-refractivity contribution in [3.05, 3.63) is 24.0 Å². The lowest BCUT2D eigenvalue weighted by Gasteiger charge is -2.07. The van der Waals surface area contributed by atoms with Crippen molar-refractivity contribution >= 4 is 5.69 Å². The molecule has 2 aromatic rings. The van der Waals surface area contributed by atoms with Gasteiger partial charge in [0.1, 0.15) is 11.6 Å². The molecule has 1 aliphatic rings. The Labute approximate surface area is 99.2 Å². The minimum absolute atomic E-state index is 0.625. The van der Waals surface area contributed by atoms with Crippen molar-refractivity contribution in [2.24, 2.45) is 0 Å². The van der Waals surface area contributed by atoms with Crippen molar-refractivity contribution in [2.75, 3.05) is 12.8 Å². The number of benzene rings is 1. The molecule has 0 radical (unpaired) electrons. The summed E-state index contributed by atoms with van der Waals surface area (Å²) in [6, 6.07) is 5.71. The van der Waals surface area contributed by atoms with Crippen LogP contribution in [0.2, 0.25) is 0 Å². The molecule has 0 saturated heterocycles. The maximum atomic E-state index is 5.90. The molecule has 0 fully saturated rings. The molecule has 88 valence electrons. The van der Waals surface area contributed by atoms with Gasteiger partial charge in [-0.05, 0) is 24.6 Å². The van der Waals surface area contributed by atoms with Gasteiger partial charge in [-0.2, -0.15) is 0 Å². The maximum Gasteiger partial charge on any atom is 0.164 e. The molecule has 1 aromatic heterocycles. The number of fused-ring (bicyclic) bond motifs is 1. The van der Waals surface area contributed by atoms with Gasteiger partial charge in [0, 0.05) is 18.5 Å². The highest BCUT2D eigenvalue weighted by molar-refractivity contribution is 5.66. The maximum absolute atomic E-state index is 5.90. The molecule has 0 aliphatic carbocycles. The van der Waals surface area contributed by atoms with E-state index in [-0.39, 0.29) is 0 Å². The summed E-state index contributed by atoms with van der Waals surface area (Å²) in [5, 5.41) is 8.41. The van der Waals surface area contributed by atoms with Crippen LogP contribution in [-0.4, -0.2) is 21.9 Å². The summed E-state index contributed by atoms with van der Waals surface area (Å²) in [6.07, 6.45) is 2.15. The highest BCUT2D eigenvalue weighted by Crippen LogP contribution is 2.29. The largest absolute Gasteiger partial charge is 0.495 e. The van der Waals surface area contributed by atoms with Gasteiger partial charge in [0.25, 0.3) is 0 Å². The summed E-state index contributed by atoms with van der Waals surface area (Å²) in [4.78, 5) is 0. The number of aromatic nitrogens is 3. The summed E-state index contributed by atoms with van der Waals surface area (Å²) in [5.74, 6) is 2.65. The van der Waals surface area contributed by atoms with Crippen LogP contribution < -0.4 is 10.5 Å². The molecule has 3 rings (SSSR count). The van der Waals surface area contributed by atoms with Gasteiger partial charge < -0.3 is 15.0 Å². The standard InChI is InChI=1S/C12H14N4O/c1-17-10-5-4-8(7-9(10)13)12-15-14-11-3-2-6-16(11)12/h4-5,7H,2-3,6,13H2,1H3. The lowest BCUT2D eigenvalue weighted by atomic mass is 10.2. The van der Waals surface area contributed by atoms with E-state index in [4.69, 9.17) is 10.5 Å². The Hall–Kier alpha value is -2.04. The summed E-state index contributed by atoms with van der Waals surface area (Å²) in [7, 11) is 1.61. The average molecular weight is 230 g/mol. The van der Waals surface area contributed by atoms with Crippen LogP contribution in [-0.2, 0) is 13.0 Å². The lowest BCUT2D eigenvalue weighted by Crippen LogP contribution is -1.98. The average Bonchev–Trinajstić information content (AvgIpc) is 2.90. The highest BCUT2D eigenvalue weighted by atomic mass is 16.5. The van der Waals surface area contributed by atoms with Gasteiger partial charge in [0.2, 0.25) is 0 Å². The van der Waals surface area contributed by atoms with Crippen molar-refractivity contribution in [2.45, 2.75) is 19.4 Å². The van der Waals surface area contributed by atoms with Gasteiger partial charge in [0.05, 0.1) is 12.8 Å². The van der Waals surface area contributed by atoms with E-state index in [9.17, 15) is 0 Å². The van der Waals surface area contributed by atoms with E-state index < -0.39 is 0 Å². The number of aryl methyl sites for hydroxylation is 1. The minimum atomic E-state index is 0.625. The van der Waals surface area contributed by atoms with Gasteiger partial charge in [-0.1, -0.05) is 0 Å². The monoisotopic (exact) mass is 230 g/mol. The fraction of sp³-hybridized carbons (Fsp3) is 0.333. The van der Waals surface area contributed by atoms with Crippen LogP contribution in [0.5, 0.6) is 5.75 Å². The lowest BCUT2D eigenvalue weighted by molar-refractivity contribution is 0.417. The molecule has 0 atom stereocenters. The molecule has 2 N–H and O–H groups in total. The van der Waals surface area contributed by atoms with Crippen LogP contribution >= 0.6 is 0 Å². The van der Waals surface area contributed by atoms with E-state index in [1.165, 1.54) is 0 Å². The Bertz CT molecular complexity index is 562. The van der Waals surface area contributed by atoms with Crippen LogP contribution in [0.1, 0.15) is 12.2 Å². The normalized spacial score (nSPS) is 13.7. The summed E-state index contributed by atoms with van der Waals surface area (Å²) in [5.41, 5.74) is 7.52. The van der Waals surface area contributed by atoms with Gasteiger partial charge in [0.15, 0.2) is 5.82 Å². The molecule has 0 spiro atoms. The van der Waals surface area contributed by atoms with Crippen molar-refractivity contribution in [1.29, 1.82) is 0 Å². The summed E-state index contributed by atoms with van der Waals surface area (Å²) in [6.45, 7) is 0.990. The predicted octanol–water partition coefficient (Wildman–Crippen LogP) is 1.48. The molecule has 17 heavy (non-hydrogen) atoms. The Morgan fingerprint density at radius 3 is 3.00 bits per heavy atom. The molecular formula is C12H14N4O. The zero-order valence-corrected chi connectivity index (χ0v) is 9.68. The number of hydrogen-bond donors (Lipinski definition) is 1. The van der Waals surface area contributed by atoms with Crippen molar-refractivity contribution in [3.8, 4) is 17.1 Å². The third kappa shape index (κ3) is 1.54. The second kappa shape index (κ2) is 3.76. The number of methoxy groups -OCH3 is 1. The van der Waals surface area contributed by atoms with E-state index in [0.717, 1.165) is 36.6 Å². The third-order valence-electron chi connectivity index (χ3n) is 3.10. The number of rotatable bonds is 2. The van der Waals surface area contributed by atoms with E-state index in [0.29, 0.717) is 11.4 Å². The highest BCUT2D eigenvalue weighted by Gasteiger charge is 2.18. The first kappa shape index (κ1) is 10.1. The minimum Gasteiger partial charge on any atom is -0.495 e. The van der Waals surface area contributed by atoms with Gasteiger partial charge in [-0.25, -0.2) is 0 Å². The van der Waals surface area contributed by atoms with E-state index in [1.54, 1.807) is 7.11 Å². The number of anilines is 1. The molecule has 0 unspecified atom stereocenters. The third-order valence-corrected chi connectivity index (χ3v) is 3.10. The Balaban J connectivity index is 2.06. The first-order chi connectivity index (χ1) is 8.29. The van der Waals surface area contributed by atoms with Crippen molar-refractivity contribution in [1.82, 2.24) is 14.8 Å². The topological polar surface area (TPSA) is 66.0 Å². The predicted molar refractivity (Wildman–Crippen MR) is 64.7 cm³/mol. The zero-order chi connectivity index (χ0) is 11.8. The molecule has 0 saturated carbocycles. The zero-order valence-electron chi connectivity index (χ0n) is 9.68. The number of hydrogen-bond acceptors (Lipinski definition) is 4. The van der Waals surface area contributed by atoms with E-state index in [2.05, 4.69) is 14.8 Å². The first-order valence-corrected chi connectivity index (χ1v) is 5.65. The quantitative estimate of drug-likeness (QED) is 0.794. The molecule has 0 bridgehead atoms. The summed E-state index contributed by atoms with van der Waals surface area (Å²) < 4.78 is 7.30. The van der Waals surface area contributed by atoms with Gasteiger partial charge >= 0.3 is 0 Å². The van der Waals surface area contributed by atoms with E-state index in [1.807, 2.05) is 18.2 Å². The van der Waals surface area contributed by atoms with Crippen LogP contribution in [0.15, 0.2) is 18.2 Å². The number of nitrogens with two attached hydrogens (primary N) is 1. The smallest absolute Gasteiger partial charge is 0.164 e. The number of ether oxygens (including phenoxy) is 1. The fourth-order valence-electron chi connectivity index (χ4n) is 2.24. The second-order valence-electron chi connectivity index (χ2n) is 4.15. The van der Waals surface area contributed by atoms with Gasteiger partial charge in [-0.15, -0.1) is 10.2 Å². The molecule has 0 amide bonds. The number of nitrogens with zero attached hydrogens (tertiary/aromatic N) is 3. The van der Waals surface area contributed by atoms with Crippen LogP contribution in [0.25, 0.3) is 11.4 Å². The SMILES string of the molecule is COc1ccc(-c2nnc3n2CCC3)cc1N. The molecule has 1 aromatic carbocycles. The van der Waals surface area contributed by atoms with Crippen LogP contribution in [0, 0.1) is 0 Å². The first-order valence-electron chi connectivity index (χ1n) is 5.65. The Morgan fingerprint density at radius 1 is 1.35 bits per heavy atom. The van der Waals surface area contributed by atoms with Crippen molar-refractivity contribution < 1.29 is 4.74 Å². The van der Waals surface area contributed by atoms with Gasteiger partial charge in [-0.3, -0.25) is 0 Å². The molecule has 5 heteroatoms. The molecule has 2 heterocycles. The molecule has 5 nitrogen and oxygen atoms in total. The number of nitrogen functional groups attached to an aromatic ring is 1. The fourth-order valence-corrected chi connectivity index (χ4v) is 2.24. The Kier molecular flexibility index (Phi) is 2.24. The molecule has 1 aliphatic heterocycles. The van der Waals surface area contributed by atoms with Crippen molar-refractivity contribution in [3.63, 3.8) is 0 Å². The van der Waals surface area contributed by atoms with Crippen LogP contribution in [0.3, 0.4) is 0 Å². The summed E-state index contributed by atoms with van der Waals surface area (Å²) >= 11 is 0. The Morgan fingerprint density at radius 2 is 2.24 bits per heavy atom. The van der Waals surface area contributed by atoms with Crippen LogP contribution in [0.4, 0.5) is 5.69 Å².